The van der Waals surface area contributed by atoms with Gasteiger partial charge >= 0.3 is 6.18 Å². The highest BCUT2D eigenvalue weighted by Crippen LogP contribution is 2.65. The summed E-state index contributed by atoms with van der Waals surface area (Å²) in [5, 5.41) is 6.02. The van der Waals surface area contributed by atoms with Gasteiger partial charge in [0.1, 0.15) is 4.33 Å². The number of amides is 2. The maximum atomic E-state index is 12.9. The Bertz CT molecular complexity index is 1210. The molecule has 4 atom stereocenters. The van der Waals surface area contributed by atoms with Crippen LogP contribution in [0.2, 0.25) is 15.1 Å². The fourth-order valence-corrected chi connectivity index (χ4v) is 6.60. The molecule has 0 spiro atoms. The lowest BCUT2D eigenvalue weighted by atomic mass is 10.1. The zero-order valence-corrected chi connectivity index (χ0v) is 23.6. The minimum absolute atomic E-state index is 0.00405. The highest BCUT2D eigenvalue weighted by atomic mass is 35.5. The van der Waals surface area contributed by atoms with Gasteiger partial charge < -0.3 is 10.6 Å². The standard InChI is InChI=1S/C23H20Cl5F3N2O3S/c1-11(10-37(36)5-4-22(29,30)31)32-20(34)16-9-15(2-3-17(16)26)33-21(35)19-18(23(19,27)28)12-6-13(24)8-14(25)7-12/h2-3,6-9,11,18-19H,4-5,10H2,1H3,(H,32,34)(H,33,35)/t11-,18+,19-,37?/m1/s1. The predicted octanol–water partition coefficient (Wildman–Crippen LogP) is 6.99. The monoisotopic (exact) mass is 636 g/mol. The van der Waals surface area contributed by atoms with E-state index in [1.807, 2.05) is 0 Å². The Balaban J connectivity index is 1.65. The zero-order valence-electron chi connectivity index (χ0n) is 19.0. The van der Waals surface area contributed by atoms with E-state index in [2.05, 4.69) is 10.6 Å². The Morgan fingerprint density at radius 2 is 1.70 bits per heavy atom. The van der Waals surface area contributed by atoms with Crippen LogP contribution < -0.4 is 10.6 Å². The van der Waals surface area contributed by atoms with Gasteiger partial charge in [0, 0.05) is 50.0 Å². The van der Waals surface area contributed by atoms with Crippen molar-refractivity contribution in [2.75, 3.05) is 16.8 Å². The van der Waals surface area contributed by atoms with Crippen molar-refractivity contribution < 1.29 is 27.0 Å². The van der Waals surface area contributed by atoms with E-state index in [1.165, 1.54) is 31.2 Å². The molecule has 2 N–H and O–H groups in total. The van der Waals surface area contributed by atoms with Crippen LogP contribution in [0.15, 0.2) is 36.4 Å². The number of halogens is 8. The van der Waals surface area contributed by atoms with Crippen LogP contribution in [-0.4, -0.2) is 44.1 Å². The quantitative estimate of drug-likeness (QED) is 0.291. The van der Waals surface area contributed by atoms with Crippen LogP contribution in [0.25, 0.3) is 0 Å². The largest absolute Gasteiger partial charge is 0.390 e. The van der Waals surface area contributed by atoms with Gasteiger partial charge in [0.15, 0.2) is 0 Å². The van der Waals surface area contributed by atoms with Crippen LogP contribution >= 0.6 is 58.0 Å². The lowest BCUT2D eigenvalue weighted by Crippen LogP contribution is -2.37. The van der Waals surface area contributed by atoms with Gasteiger partial charge in [0.05, 0.1) is 22.9 Å². The highest BCUT2D eigenvalue weighted by molar-refractivity contribution is 7.85. The normalized spacial score (nSPS) is 20.1. The van der Waals surface area contributed by atoms with E-state index in [9.17, 15) is 27.0 Å². The molecule has 2 amide bonds. The molecular weight excluding hydrogens is 619 g/mol. The van der Waals surface area contributed by atoms with Gasteiger partial charge in [0.25, 0.3) is 5.91 Å². The Morgan fingerprint density at radius 1 is 1.08 bits per heavy atom. The summed E-state index contributed by atoms with van der Waals surface area (Å²) in [6.45, 7) is 1.51. The molecular formula is C23H20Cl5F3N2O3S. The van der Waals surface area contributed by atoms with E-state index in [-0.39, 0.29) is 22.0 Å². The van der Waals surface area contributed by atoms with Gasteiger partial charge in [-0.25, -0.2) is 0 Å². The first-order valence-electron chi connectivity index (χ1n) is 10.8. The second-order valence-electron chi connectivity index (χ2n) is 8.57. The Hall–Kier alpha value is -1.23. The molecule has 1 aliphatic rings. The number of alkyl halides is 5. The molecule has 202 valence electrons. The molecule has 0 aliphatic heterocycles. The second-order valence-corrected chi connectivity index (χ2v) is 12.9. The van der Waals surface area contributed by atoms with Crippen LogP contribution in [0.1, 0.15) is 35.2 Å². The molecule has 14 heteroatoms. The first-order valence-corrected chi connectivity index (χ1v) is 14.1. The molecule has 0 heterocycles. The van der Waals surface area contributed by atoms with E-state index in [0.717, 1.165) is 0 Å². The number of anilines is 1. The van der Waals surface area contributed by atoms with Crippen molar-refractivity contribution in [1.82, 2.24) is 5.32 Å². The smallest absolute Gasteiger partial charge is 0.349 e. The molecule has 2 aromatic carbocycles. The summed E-state index contributed by atoms with van der Waals surface area (Å²) < 4.78 is 47.5. The average molecular weight is 639 g/mol. The van der Waals surface area contributed by atoms with Crippen molar-refractivity contribution in [3.8, 4) is 0 Å². The number of carbonyl (C=O) groups excluding carboxylic acids is 2. The molecule has 0 bridgehead atoms. The van der Waals surface area contributed by atoms with E-state index < -0.39 is 63.2 Å². The average Bonchev–Trinajstić information content (AvgIpc) is 3.34. The van der Waals surface area contributed by atoms with E-state index >= 15 is 0 Å². The fraction of sp³-hybridized carbons (Fsp3) is 0.391. The number of nitrogens with one attached hydrogen (secondary N) is 2. The van der Waals surface area contributed by atoms with Gasteiger partial charge in [-0.2, -0.15) is 13.2 Å². The molecule has 1 aliphatic carbocycles. The molecule has 0 radical (unpaired) electrons. The van der Waals surface area contributed by atoms with Gasteiger partial charge in [0.2, 0.25) is 5.91 Å². The van der Waals surface area contributed by atoms with Gasteiger partial charge in [-0.15, -0.1) is 23.2 Å². The van der Waals surface area contributed by atoms with Gasteiger partial charge in [-0.05, 0) is 48.9 Å². The second kappa shape index (κ2) is 11.9. The number of rotatable bonds is 9. The van der Waals surface area contributed by atoms with Gasteiger partial charge in [-0.1, -0.05) is 34.8 Å². The Labute approximate surface area is 238 Å². The first-order chi connectivity index (χ1) is 17.1. The molecule has 1 unspecified atom stereocenters. The number of carbonyl (C=O) groups is 2. The topological polar surface area (TPSA) is 75.3 Å². The summed E-state index contributed by atoms with van der Waals surface area (Å²) in [7, 11) is -1.78. The molecule has 2 aromatic rings. The van der Waals surface area contributed by atoms with Crippen molar-refractivity contribution in [3.05, 3.63) is 62.6 Å². The minimum atomic E-state index is -4.41. The molecule has 0 aromatic heterocycles. The number of hydrogen-bond donors (Lipinski definition) is 2. The number of hydrogen-bond acceptors (Lipinski definition) is 3. The van der Waals surface area contributed by atoms with E-state index in [0.29, 0.717) is 15.6 Å². The van der Waals surface area contributed by atoms with Crippen molar-refractivity contribution in [2.24, 2.45) is 5.92 Å². The lowest BCUT2D eigenvalue weighted by molar-refractivity contribution is -0.129. The Kier molecular flexibility index (Phi) is 9.73. The van der Waals surface area contributed by atoms with Crippen LogP contribution in [0.4, 0.5) is 18.9 Å². The van der Waals surface area contributed by atoms with Crippen molar-refractivity contribution >= 4 is 86.3 Å². The maximum absolute atomic E-state index is 12.9. The zero-order chi connectivity index (χ0) is 27.7. The highest BCUT2D eigenvalue weighted by Gasteiger charge is 2.67. The summed E-state index contributed by atoms with van der Waals surface area (Å²) in [6.07, 6.45) is -5.58. The van der Waals surface area contributed by atoms with Crippen LogP contribution in [-0.2, 0) is 15.6 Å². The summed E-state index contributed by atoms with van der Waals surface area (Å²) >= 11 is 31.0. The van der Waals surface area contributed by atoms with Crippen molar-refractivity contribution in [2.45, 2.75) is 35.8 Å². The summed E-state index contributed by atoms with van der Waals surface area (Å²) in [6, 6.07) is 8.29. The number of benzene rings is 2. The lowest BCUT2D eigenvalue weighted by Gasteiger charge is -2.15. The van der Waals surface area contributed by atoms with Crippen LogP contribution in [0.5, 0.6) is 0 Å². The first kappa shape index (κ1) is 30.3. The molecule has 1 saturated carbocycles. The minimum Gasteiger partial charge on any atom is -0.349 e. The summed E-state index contributed by atoms with van der Waals surface area (Å²) in [4.78, 5) is 25.7. The van der Waals surface area contributed by atoms with Gasteiger partial charge in [-0.3, -0.25) is 13.8 Å². The summed E-state index contributed by atoms with van der Waals surface area (Å²) in [5.74, 6) is -3.28. The van der Waals surface area contributed by atoms with Crippen molar-refractivity contribution in [1.29, 1.82) is 0 Å². The maximum Gasteiger partial charge on any atom is 0.390 e. The SMILES string of the molecule is C[C@H](CS(=O)CCC(F)(F)F)NC(=O)c1cc(NC(=O)[C@H]2[C@H](c3cc(Cl)cc(Cl)c3)C2(Cl)Cl)ccc1Cl. The van der Waals surface area contributed by atoms with E-state index in [1.54, 1.807) is 12.1 Å². The third kappa shape index (κ3) is 8.13. The fourth-order valence-electron chi connectivity index (χ4n) is 3.75. The van der Waals surface area contributed by atoms with E-state index in [4.69, 9.17) is 58.0 Å². The molecule has 1 fully saturated rings. The third-order valence-electron chi connectivity index (χ3n) is 5.49. The molecule has 0 saturated heterocycles. The Morgan fingerprint density at radius 3 is 2.30 bits per heavy atom. The van der Waals surface area contributed by atoms with Crippen LogP contribution in [0.3, 0.4) is 0 Å². The van der Waals surface area contributed by atoms with Crippen LogP contribution in [0, 0.1) is 5.92 Å². The summed E-state index contributed by atoms with van der Waals surface area (Å²) in [5.41, 5.74) is 0.838. The third-order valence-corrected chi connectivity index (χ3v) is 8.72. The predicted molar refractivity (Wildman–Crippen MR) is 143 cm³/mol. The molecule has 5 nitrogen and oxygen atoms in total. The molecule has 3 rings (SSSR count). The van der Waals surface area contributed by atoms with Crippen molar-refractivity contribution in [3.63, 3.8) is 0 Å². The molecule has 37 heavy (non-hydrogen) atoms.